The Morgan fingerprint density at radius 2 is 1.14 bits per heavy atom. The van der Waals surface area contributed by atoms with Gasteiger partial charge < -0.3 is 35.4 Å². The molecule has 2 heterocycles. The van der Waals surface area contributed by atoms with Crippen LogP contribution in [0.3, 0.4) is 0 Å². The number of carbonyl (C=O) groups is 1. The van der Waals surface area contributed by atoms with Gasteiger partial charge in [-0.2, -0.15) is 0 Å². The average molecular weight is 561 g/mol. The van der Waals surface area contributed by atoms with E-state index in [2.05, 4.69) is 12.1 Å². The summed E-state index contributed by atoms with van der Waals surface area (Å²) < 4.78 is 4.88. The van der Waals surface area contributed by atoms with Gasteiger partial charge in [0.25, 0.3) is 0 Å². The Hall–Kier alpha value is -4.29. The first-order chi connectivity index (χ1) is 17.2. The van der Waals surface area contributed by atoms with Crippen molar-refractivity contribution in [2.24, 2.45) is 0 Å². The van der Waals surface area contributed by atoms with Crippen LogP contribution in [0.4, 0.5) is 0 Å². The smallest absolute Gasteiger partial charge is 0.468 e. The second-order valence-electron chi connectivity index (χ2n) is 7.16. The minimum Gasteiger partial charge on any atom is -0.468 e. The van der Waals surface area contributed by atoms with Crippen LogP contribution in [0.25, 0.3) is 21.8 Å². The summed E-state index contributed by atoms with van der Waals surface area (Å²) in [6.45, 7) is 1.25. The minimum absolute atomic E-state index is 0. The van der Waals surface area contributed by atoms with Gasteiger partial charge in [-0.1, -0.05) is 48.5 Å². The second kappa shape index (κ2) is 15.7. The Labute approximate surface area is 223 Å². The van der Waals surface area contributed by atoms with Crippen LogP contribution in [-0.4, -0.2) is 44.7 Å². The third-order valence-corrected chi connectivity index (χ3v) is 4.66. The number of rotatable bonds is 6. The van der Waals surface area contributed by atoms with E-state index in [0.29, 0.717) is 13.1 Å². The molecule has 0 amide bonds. The Bertz CT molecular complexity index is 1240. The summed E-state index contributed by atoms with van der Waals surface area (Å²) >= 11 is 0. The van der Waals surface area contributed by atoms with E-state index >= 15 is 0 Å². The normalized spacial score (nSPS) is 9.78. The second-order valence-corrected chi connectivity index (χ2v) is 7.16. The van der Waals surface area contributed by atoms with Crippen LogP contribution in [0.5, 0.6) is 0 Å². The molecule has 188 valence electrons. The third kappa shape index (κ3) is 11.3. The maximum absolute atomic E-state index is 11.9. The first-order valence-corrected chi connectivity index (χ1v) is 10.3. The van der Waals surface area contributed by atoms with Crippen LogP contribution < -0.4 is 0 Å². The fourth-order valence-electron chi connectivity index (χ4n) is 3.27. The molecule has 0 radical (unpaired) electrons. The zero-order valence-corrected chi connectivity index (χ0v) is 22.7. The zero-order valence-electron chi connectivity index (χ0n) is 19.8. The van der Waals surface area contributed by atoms with E-state index in [1.54, 1.807) is 0 Å². The van der Waals surface area contributed by atoms with Crippen molar-refractivity contribution >= 4 is 27.8 Å². The van der Waals surface area contributed by atoms with Crippen LogP contribution in [0.2, 0.25) is 0 Å². The SMILES string of the molecule is COC(=O)CN(Cc1ccc2ccccc2n1)Cc1ccc2ccccc2n1.O=[N+]([O-])[O-].O=[N+]([O-])[O-].[Zn+2]. The first-order valence-electron chi connectivity index (χ1n) is 10.3. The summed E-state index contributed by atoms with van der Waals surface area (Å²) in [5.41, 5.74) is 3.70. The molecule has 0 N–H and O–H groups in total. The molecule has 0 saturated carbocycles. The first kappa shape index (κ1) is 30.7. The van der Waals surface area contributed by atoms with Crippen LogP contribution in [-0.2, 0) is 42.1 Å². The van der Waals surface area contributed by atoms with Crippen LogP contribution >= 0.6 is 0 Å². The van der Waals surface area contributed by atoms with E-state index in [1.807, 2.05) is 65.6 Å². The van der Waals surface area contributed by atoms with Crippen molar-refractivity contribution in [1.82, 2.24) is 14.9 Å². The molecule has 0 bridgehead atoms. The maximum Gasteiger partial charge on any atom is 2.00 e. The molecular weight excluding hydrogens is 540 g/mol. The number of esters is 1. The third-order valence-electron chi connectivity index (χ3n) is 4.66. The van der Waals surface area contributed by atoms with Crippen LogP contribution in [0.1, 0.15) is 11.4 Å². The number of hydrogen-bond acceptors (Lipinski definition) is 11. The van der Waals surface area contributed by atoms with Crippen molar-refractivity contribution in [1.29, 1.82) is 0 Å². The molecule has 13 nitrogen and oxygen atoms in total. The Kier molecular flexibility index (Phi) is 13.0. The van der Waals surface area contributed by atoms with Gasteiger partial charge >= 0.3 is 25.4 Å². The number of benzene rings is 2. The van der Waals surface area contributed by atoms with Crippen molar-refractivity contribution < 1.29 is 39.2 Å². The van der Waals surface area contributed by atoms with E-state index < -0.39 is 10.2 Å². The summed E-state index contributed by atoms with van der Waals surface area (Å²) in [7, 11) is 1.41. The Morgan fingerprint density at radius 1 is 0.757 bits per heavy atom. The van der Waals surface area contributed by atoms with Gasteiger partial charge in [-0.05, 0) is 24.3 Å². The zero-order chi connectivity index (χ0) is 26.5. The van der Waals surface area contributed by atoms with Gasteiger partial charge in [-0.3, -0.25) is 19.7 Å². The van der Waals surface area contributed by atoms with Gasteiger partial charge in [-0.15, -0.1) is 0 Å². The van der Waals surface area contributed by atoms with Crippen molar-refractivity contribution in [2.45, 2.75) is 13.1 Å². The minimum atomic E-state index is -1.75. The number of carbonyl (C=O) groups excluding carboxylic acids is 1. The molecule has 0 atom stereocenters. The molecule has 14 heteroatoms. The van der Waals surface area contributed by atoms with Crippen molar-refractivity contribution in [3.8, 4) is 0 Å². The number of ether oxygens (including phenoxy) is 1. The van der Waals surface area contributed by atoms with Gasteiger partial charge in [-0.25, -0.2) is 0 Å². The van der Waals surface area contributed by atoms with Crippen LogP contribution in [0.15, 0.2) is 72.8 Å². The summed E-state index contributed by atoms with van der Waals surface area (Å²) in [4.78, 5) is 39.9. The van der Waals surface area contributed by atoms with Gasteiger partial charge in [0.15, 0.2) is 0 Å². The molecule has 37 heavy (non-hydrogen) atoms. The molecule has 0 aliphatic rings. The van der Waals surface area contributed by atoms with E-state index in [9.17, 15) is 4.79 Å². The predicted octanol–water partition coefficient (Wildman–Crippen LogP) is 3.48. The molecule has 0 spiro atoms. The van der Waals surface area contributed by atoms with E-state index in [1.165, 1.54) is 7.11 Å². The Morgan fingerprint density at radius 3 is 1.51 bits per heavy atom. The number of para-hydroxylation sites is 2. The summed E-state index contributed by atoms with van der Waals surface area (Å²) in [5, 5.41) is 31.7. The molecule has 0 aliphatic carbocycles. The predicted molar refractivity (Wildman–Crippen MR) is 130 cm³/mol. The van der Waals surface area contributed by atoms with Crippen LogP contribution in [0, 0.1) is 30.6 Å². The number of pyridine rings is 2. The molecule has 0 aliphatic heterocycles. The number of fused-ring (bicyclic) bond motifs is 2. The monoisotopic (exact) mass is 559 g/mol. The standard InChI is InChI=1S/C23H21N3O2.2NO3.Zn/c1-28-23(27)16-26(14-19-12-10-17-6-2-4-8-21(17)24-19)15-20-13-11-18-7-3-5-9-22(18)25-20;2*2-1(3)4;/h2-13H,14-16H2,1H3;;;/q;2*-1;+2. The van der Waals surface area contributed by atoms with Gasteiger partial charge in [0.2, 0.25) is 0 Å². The number of methoxy groups -OCH3 is 1. The van der Waals surface area contributed by atoms with Crippen molar-refractivity contribution in [2.75, 3.05) is 13.7 Å². The summed E-state index contributed by atoms with van der Waals surface area (Å²) in [5.74, 6) is -0.276. The molecule has 2 aromatic heterocycles. The fraction of sp³-hybridized carbons (Fsp3) is 0.174. The molecule has 0 saturated heterocycles. The van der Waals surface area contributed by atoms with Crippen molar-refractivity contribution in [3.05, 3.63) is 115 Å². The number of nitrogens with zero attached hydrogens (tertiary/aromatic N) is 5. The molecule has 4 rings (SSSR count). The molecular formula is C23H21N5O8Zn. The number of hydrogen-bond donors (Lipinski definition) is 0. The number of aromatic nitrogens is 2. The summed E-state index contributed by atoms with van der Waals surface area (Å²) in [6.07, 6.45) is 0. The Balaban J connectivity index is 0.000000671. The average Bonchev–Trinajstić information content (AvgIpc) is 2.83. The fourth-order valence-corrected chi connectivity index (χ4v) is 3.27. The van der Waals surface area contributed by atoms with E-state index in [0.717, 1.165) is 33.2 Å². The van der Waals surface area contributed by atoms with Gasteiger partial charge in [0, 0.05) is 23.9 Å². The van der Waals surface area contributed by atoms with E-state index in [4.69, 9.17) is 45.3 Å². The topological polar surface area (TPSA) is 188 Å². The largest absolute Gasteiger partial charge is 2.00 e. The van der Waals surface area contributed by atoms with Gasteiger partial charge in [0.1, 0.15) is 0 Å². The maximum atomic E-state index is 11.9. The molecule has 0 unspecified atom stereocenters. The molecule has 4 aromatic rings. The summed E-state index contributed by atoms with van der Waals surface area (Å²) in [6, 6.07) is 24.1. The van der Waals surface area contributed by atoms with Crippen molar-refractivity contribution in [3.63, 3.8) is 0 Å². The molecule has 2 aromatic carbocycles. The van der Waals surface area contributed by atoms with Gasteiger partial charge in [0.05, 0.1) is 46.2 Å². The van der Waals surface area contributed by atoms with E-state index in [-0.39, 0.29) is 32.0 Å². The quantitative estimate of drug-likeness (QED) is 0.145. The molecule has 0 fully saturated rings.